The second kappa shape index (κ2) is 6.39. The molecular formula is C17H23FN2O4. The van der Waals surface area contributed by atoms with Crippen LogP contribution < -0.4 is 5.32 Å². The highest BCUT2D eigenvalue weighted by Gasteiger charge is 2.40. The van der Waals surface area contributed by atoms with Crippen molar-refractivity contribution >= 4 is 17.7 Å². The zero-order chi connectivity index (χ0) is 18.1. The predicted molar refractivity (Wildman–Crippen MR) is 86.5 cm³/mol. The molecule has 0 aliphatic carbocycles. The quantitative estimate of drug-likeness (QED) is 0.916. The molecule has 2 rings (SSSR count). The molecule has 0 saturated carbocycles. The van der Waals surface area contributed by atoms with E-state index in [-0.39, 0.29) is 24.7 Å². The van der Waals surface area contributed by atoms with Gasteiger partial charge in [0.25, 0.3) is 5.91 Å². The van der Waals surface area contributed by atoms with E-state index in [1.54, 1.807) is 40.7 Å². The zero-order valence-electron chi connectivity index (χ0n) is 14.6. The Kier molecular flexibility index (Phi) is 4.85. The molecule has 1 aliphatic heterocycles. The normalized spacial score (nSPS) is 17.1. The molecule has 0 bridgehead atoms. The molecule has 24 heavy (non-hydrogen) atoms. The minimum Gasteiger partial charge on any atom is -0.444 e. The summed E-state index contributed by atoms with van der Waals surface area (Å²) in [4.78, 5) is 29.1. The fourth-order valence-corrected chi connectivity index (χ4v) is 2.14. The number of nitrogens with one attached hydrogen (secondary N) is 1. The van der Waals surface area contributed by atoms with Crippen LogP contribution in [0.25, 0.3) is 0 Å². The first-order chi connectivity index (χ1) is 11.0. The highest BCUT2D eigenvalue weighted by Crippen LogP contribution is 2.29. The van der Waals surface area contributed by atoms with Gasteiger partial charge in [-0.3, -0.25) is 14.9 Å². The minimum atomic E-state index is -0.658. The number of ether oxygens (including phenoxy) is 1. The second-order valence-corrected chi connectivity index (χ2v) is 7.43. The van der Waals surface area contributed by atoms with Crippen LogP contribution in [0.4, 0.5) is 14.9 Å². The molecule has 1 heterocycles. The van der Waals surface area contributed by atoms with Crippen molar-refractivity contribution in [3.05, 3.63) is 29.6 Å². The van der Waals surface area contributed by atoms with E-state index < -0.39 is 22.9 Å². The first-order valence-corrected chi connectivity index (χ1v) is 7.71. The van der Waals surface area contributed by atoms with Gasteiger partial charge in [-0.15, -0.1) is 0 Å². The van der Waals surface area contributed by atoms with Crippen molar-refractivity contribution in [2.24, 2.45) is 5.41 Å². The number of rotatable bonds is 3. The maximum atomic E-state index is 14.2. The molecule has 0 atom stereocenters. The van der Waals surface area contributed by atoms with Gasteiger partial charge in [-0.25, -0.2) is 14.2 Å². The number of hydrogen-bond acceptors (Lipinski definition) is 4. The van der Waals surface area contributed by atoms with E-state index in [1.165, 1.54) is 17.2 Å². The average Bonchev–Trinajstić information content (AvgIpc) is 2.66. The van der Waals surface area contributed by atoms with Crippen molar-refractivity contribution < 1.29 is 23.6 Å². The number of hydrogen-bond donors (Lipinski definition) is 1. The Labute approximate surface area is 140 Å². The van der Waals surface area contributed by atoms with Gasteiger partial charge in [-0.2, -0.15) is 0 Å². The van der Waals surface area contributed by atoms with E-state index in [4.69, 9.17) is 9.57 Å². The third-order valence-electron chi connectivity index (χ3n) is 3.40. The minimum absolute atomic E-state index is 0.0147. The lowest BCUT2D eigenvalue weighted by Crippen LogP contribution is -2.30. The third kappa shape index (κ3) is 4.44. The highest BCUT2D eigenvalue weighted by molar-refractivity contribution is 5.85. The molecule has 2 amide bonds. The van der Waals surface area contributed by atoms with Crippen molar-refractivity contribution in [1.29, 1.82) is 0 Å². The monoisotopic (exact) mass is 338 g/mol. The van der Waals surface area contributed by atoms with Crippen LogP contribution in [0.5, 0.6) is 0 Å². The van der Waals surface area contributed by atoms with Crippen LogP contribution in [0.2, 0.25) is 0 Å². The van der Waals surface area contributed by atoms with Crippen LogP contribution in [0.15, 0.2) is 18.2 Å². The fraction of sp³-hybridized carbons (Fsp3) is 0.529. The Hall–Kier alpha value is -2.15. The Balaban J connectivity index is 2.03. The number of benzene rings is 1. The SMILES string of the molecule is CC(C)(C)OC(=O)Nc1ccc(CN2OCC(C)(C)C2=O)c(F)c1. The largest absolute Gasteiger partial charge is 0.444 e. The molecule has 0 radical (unpaired) electrons. The first-order valence-electron chi connectivity index (χ1n) is 7.71. The molecule has 1 fully saturated rings. The number of halogens is 1. The number of carbonyl (C=O) groups is 2. The van der Waals surface area contributed by atoms with Crippen LogP contribution in [0.1, 0.15) is 40.2 Å². The molecule has 1 saturated heterocycles. The van der Waals surface area contributed by atoms with Crippen LogP contribution in [0.3, 0.4) is 0 Å². The summed E-state index contributed by atoms with van der Waals surface area (Å²) in [6.07, 6.45) is -0.658. The summed E-state index contributed by atoms with van der Waals surface area (Å²) in [7, 11) is 0. The van der Waals surface area contributed by atoms with Gasteiger partial charge in [-0.1, -0.05) is 6.07 Å². The summed E-state index contributed by atoms with van der Waals surface area (Å²) in [5.74, 6) is -0.720. The summed E-state index contributed by atoms with van der Waals surface area (Å²) in [6.45, 7) is 9.06. The van der Waals surface area contributed by atoms with Crippen LogP contribution in [-0.4, -0.2) is 29.3 Å². The van der Waals surface area contributed by atoms with E-state index in [0.717, 1.165) is 0 Å². The van der Waals surface area contributed by atoms with Crippen molar-refractivity contribution in [1.82, 2.24) is 5.06 Å². The van der Waals surface area contributed by atoms with Gasteiger partial charge in [-0.05, 0) is 46.8 Å². The van der Waals surface area contributed by atoms with E-state index in [1.807, 2.05) is 0 Å². The molecule has 0 spiro atoms. The lowest BCUT2D eigenvalue weighted by Gasteiger charge is -2.20. The molecule has 1 aromatic rings. The predicted octanol–water partition coefficient (Wildman–Crippen LogP) is 3.47. The fourth-order valence-electron chi connectivity index (χ4n) is 2.14. The number of carbonyl (C=O) groups excluding carboxylic acids is 2. The van der Waals surface area contributed by atoms with E-state index in [2.05, 4.69) is 5.32 Å². The van der Waals surface area contributed by atoms with E-state index >= 15 is 0 Å². The molecule has 7 heteroatoms. The molecule has 1 aromatic carbocycles. The van der Waals surface area contributed by atoms with Crippen molar-refractivity contribution in [2.75, 3.05) is 11.9 Å². The van der Waals surface area contributed by atoms with Crippen molar-refractivity contribution in [3.8, 4) is 0 Å². The summed E-state index contributed by atoms with van der Waals surface area (Å²) >= 11 is 0. The topological polar surface area (TPSA) is 67.9 Å². The summed E-state index contributed by atoms with van der Waals surface area (Å²) in [5, 5.41) is 3.64. The van der Waals surface area contributed by atoms with Gasteiger partial charge in [0, 0.05) is 11.3 Å². The molecule has 1 N–H and O–H groups in total. The number of amides is 2. The maximum Gasteiger partial charge on any atom is 0.412 e. The summed E-state index contributed by atoms with van der Waals surface area (Å²) in [6, 6.07) is 4.24. The maximum absolute atomic E-state index is 14.2. The first kappa shape index (κ1) is 18.2. The van der Waals surface area contributed by atoms with Gasteiger partial charge in [0.05, 0.1) is 18.6 Å². The standard InChI is InChI=1S/C17H23FN2O4/c1-16(2,3)24-15(22)19-12-7-6-11(13(18)8-12)9-20-14(21)17(4,5)10-23-20/h6-8H,9-10H2,1-5H3,(H,19,22). The third-order valence-corrected chi connectivity index (χ3v) is 3.40. The van der Waals surface area contributed by atoms with Gasteiger partial charge in [0.2, 0.25) is 0 Å². The Morgan fingerprint density at radius 1 is 1.42 bits per heavy atom. The van der Waals surface area contributed by atoms with Crippen LogP contribution in [-0.2, 0) is 20.9 Å². The van der Waals surface area contributed by atoms with E-state index in [9.17, 15) is 14.0 Å². The van der Waals surface area contributed by atoms with Crippen molar-refractivity contribution in [3.63, 3.8) is 0 Å². The lowest BCUT2D eigenvalue weighted by molar-refractivity contribution is -0.165. The summed E-state index contributed by atoms with van der Waals surface area (Å²) < 4.78 is 19.3. The number of anilines is 1. The average molecular weight is 338 g/mol. The molecule has 132 valence electrons. The Bertz CT molecular complexity index is 652. The zero-order valence-corrected chi connectivity index (χ0v) is 14.6. The van der Waals surface area contributed by atoms with Crippen LogP contribution >= 0.6 is 0 Å². The molecule has 0 aromatic heterocycles. The molecular weight excluding hydrogens is 315 g/mol. The Morgan fingerprint density at radius 2 is 2.08 bits per heavy atom. The smallest absolute Gasteiger partial charge is 0.412 e. The van der Waals surface area contributed by atoms with Gasteiger partial charge in [0.15, 0.2) is 0 Å². The van der Waals surface area contributed by atoms with Gasteiger partial charge < -0.3 is 4.74 Å². The lowest BCUT2D eigenvalue weighted by atomic mass is 9.95. The van der Waals surface area contributed by atoms with Crippen molar-refractivity contribution in [2.45, 2.75) is 46.8 Å². The van der Waals surface area contributed by atoms with Crippen LogP contribution in [0, 0.1) is 11.2 Å². The summed E-state index contributed by atoms with van der Waals surface area (Å²) in [5.41, 5.74) is -0.660. The van der Waals surface area contributed by atoms with Gasteiger partial charge in [0.1, 0.15) is 11.4 Å². The number of hydroxylamine groups is 2. The van der Waals surface area contributed by atoms with Gasteiger partial charge >= 0.3 is 6.09 Å². The van der Waals surface area contributed by atoms with E-state index in [0.29, 0.717) is 5.56 Å². The Morgan fingerprint density at radius 3 is 2.58 bits per heavy atom. The second-order valence-electron chi connectivity index (χ2n) is 7.43. The molecule has 1 aliphatic rings. The number of nitrogens with zero attached hydrogens (tertiary/aromatic N) is 1. The molecule has 6 nitrogen and oxygen atoms in total. The highest BCUT2D eigenvalue weighted by atomic mass is 19.1. The molecule has 0 unspecified atom stereocenters.